The maximum absolute atomic E-state index is 13.8. The first-order valence-electron chi connectivity index (χ1n) is 21.5. The maximum Gasteiger partial charge on any atom is 0.490 e. The number of amides is 7. The van der Waals surface area contributed by atoms with Crippen LogP contribution in [0, 0.1) is 17.8 Å². The van der Waals surface area contributed by atoms with Crippen molar-refractivity contribution in [2.75, 3.05) is 26.3 Å². The molecule has 0 fully saturated rings. The highest BCUT2D eigenvalue weighted by atomic mass is 19.4. The summed E-state index contributed by atoms with van der Waals surface area (Å²) in [4.78, 5) is 131. The quantitative estimate of drug-likeness (QED) is 0.0111. The number of ether oxygens (including phenoxy) is 2. The third-order valence-corrected chi connectivity index (χ3v) is 9.50. The second kappa shape index (κ2) is 29.6. The molecular weight excluding hydrogens is 976 g/mol. The molecule has 32 heteroatoms. The van der Waals surface area contributed by atoms with Crippen LogP contribution in [0.15, 0.2) is 4.99 Å². The summed E-state index contributed by atoms with van der Waals surface area (Å²) in [5.74, 6) is -18.1. The van der Waals surface area contributed by atoms with Crippen molar-refractivity contribution >= 4 is 65.2 Å². The highest BCUT2D eigenvalue weighted by Crippen LogP contribution is 2.18. The van der Waals surface area contributed by atoms with Gasteiger partial charge in [0.15, 0.2) is 12.0 Å². The second-order valence-electron chi connectivity index (χ2n) is 16.8. The fraction of sp³-hybridized carbons (Fsp3) is 0.718. The Bertz CT molecular complexity index is 1900. The molecule has 0 spiro atoms. The van der Waals surface area contributed by atoms with Gasteiger partial charge in [-0.2, -0.15) is 26.3 Å². The highest BCUT2D eigenvalue weighted by molar-refractivity contribution is 5.97. The number of carboxylic acids is 1. The molecule has 406 valence electrons. The van der Waals surface area contributed by atoms with Gasteiger partial charge in [0.2, 0.25) is 41.4 Å². The lowest BCUT2D eigenvalue weighted by molar-refractivity contribution is -0.201. The van der Waals surface area contributed by atoms with E-state index in [-0.39, 0.29) is 37.7 Å². The molecule has 0 aromatic heterocycles. The van der Waals surface area contributed by atoms with Crippen molar-refractivity contribution in [2.24, 2.45) is 39.9 Å². The van der Waals surface area contributed by atoms with Gasteiger partial charge in [-0.1, -0.05) is 41.5 Å². The molecule has 0 unspecified atom stereocenters. The first-order valence-corrected chi connectivity index (χ1v) is 21.5. The lowest BCUT2D eigenvalue weighted by Crippen LogP contribution is -2.61. The van der Waals surface area contributed by atoms with E-state index in [9.17, 15) is 89.6 Å². The molecular formula is C39H63F6N11O15. The summed E-state index contributed by atoms with van der Waals surface area (Å²) in [6.07, 6.45) is -14.4. The maximum atomic E-state index is 13.8. The molecule has 0 saturated heterocycles. The summed E-state index contributed by atoms with van der Waals surface area (Å²) in [5, 5.41) is 44.8. The number of halogens is 6. The van der Waals surface area contributed by atoms with Gasteiger partial charge in [0.05, 0.1) is 18.8 Å². The smallest absolute Gasteiger partial charge is 0.480 e. The third-order valence-electron chi connectivity index (χ3n) is 9.50. The van der Waals surface area contributed by atoms with Gasteiger partial charge in [-0.3, -0.25) is 38.6 Å². The Kier molecular flexibility index (Phi) is 26.8. The van der Waals surface area contributed by atoms with Gasteiger partial charge in [-0.05, 0) is 43.9 Å². The van der Waals surface area contributed by atoms with E-state index in [0.29, 0.717) is 0 Å². The van der Waals surface area contributed by atoms with Crippen LogP contribution in [-0.4, -0.2) is 174 Å². The Morgan fingerprint density at radius 1 is 0.592 bits per heavy atom. The SMILES string of the molecule is CC(C)C[C@H](NC(=O)[C@@H](N)[C@H](O)C(C)C)C(=O)N[C@H](CCCN=C(N)N)C(=O)N[C@H](C(=O)N[C@H](C(=O)NCC(=O)N[C@@H](COC(=O)C(F)(F)F)C(=O)N[C@@H](COC(=O)C(F)(F)F)C(=O)O)[C@H](C)O)C(C)C. The number of aliphatic carboxylic acids is 1. The van der Waals surface area contributed by atoms with E-state index in [1.54, 1.807) is 33.0 Å². The van der Waals surface area contributed by atoms with Crippen molar-refractivity contribution in [1.29, 1.82) is 0 Å². The van der Waals surface area contributed by atoms with Gasteiger partial charge in [-0.25, -0.2) is 14.4 Å². The number of rotatable bonds is 29. The van der Waals surface area contributed by atoms with Crippen molar-refractivity contribution in [1.82, 2.24) is 37.2 Å². The van der Waals surface area contributed by atoms with Crippen LogP contribution in [0.1, 0.15) is 67.7 Å². The summed E-state index contributed by atoms with van der Waals surface area (Å²) in [6, 6.07) is -12.6. The van der Waals surface area contributed by atoms with Crippen molar-refractivity contribution in [3.05, 3.63) is 0 Å². The van der Waals surface area contributed by atoms with Crippen molar-refractivity contribution in [2.45, 2.75) is 135 Å². The van der Waals surface area contributed by atoms with Gasteiger partial charge in [0.1, 0.15) is 49.5 Å². The van der Waals surface area contributed by atoms with Gasteiger partial charge in [0.25, 0.3) is 0 Å². The Balaban J connectivity index is 6.34. The van der Waals surface area contributed by atoms with Crippen LogP contribution in [-0.2, 0) is 57.4 Å². The fourth-order valence-electron chi connectivity index (χ4n) is 5.66. The van der Waals surface area contributed by atoms with Gasteiger partial charge in [-0.15, -0.1) is 0 Å². The number of nitrogens with zero attached hydrogens (tertiary/aromatic N) is 1. The molecule has 0 aliphatic carbocycles. The third kappa shape index (κ3) is 24.2. The molecule has 0 aliphatic heterocycles. The lowest BCUT2D eigenvalue weighted by atomic mass is 9.98. The van der Waals surface area contributed by atoms with Gasteiger partial charge < -0.3 is 79.2 Å². The molecule has 7 amide bonds. The second-order valence-corrected chi connectivity index (χ2v) is 16.8. The summed E-state index contributed by atoms with van der Waals surface area (Å²) < 4.78 is 83.7. The average Bonchev–Trinajstić information content (AvgIpc) is 3.24. The number of carbonyl (C=O) groups excluding carboxylic acids is 9. The van der Waals surface area contributed by atoms with Crippen molar-refractivity contribution < 1.29 is 99.1 Å². The lowest BCUT2D eigenvalue weighted by Gasteiger charge is -2.29. The number of carbonyl (C=O) groups is 10. The van der Waals surface area contributed by atoms with Crippen LogP contribution in [0.2, 0.25) is 0 Å². The first-order chi connectivity index (χ1) is 32.5. The number of hydrogen-bond donors (Lipinski definition) is 13. The standard InChI is InChI=1S/C39H63F6N11O15/c1-15(2)11-20(53-31(63)24(46)27(59)17(5)6)29(61)52-19(9-8-10-49-37(47)48)28(60)55-25(16(3)4)33(65)56-26(18(7)57)32(64)50-12-23(58)51-21(13-70-35(68)38(40,41)42)30(62)54-22(34(66)67)14-71-36(69)39(43,44)45/h15-22,24-27,57,59H,8-14,46H2,1-7H3,(H,50,64)(H,51,58)(H,52,61)(H,53,63)(H,54,62)(H,55,60)(H,56,65)(H,66,67)(H4,47,48,49)/t18-,19+,20-,21-,22-,24-,25-,26-,27+/m0/s1. The molecule has 0 aliphatic rings. The minimum Gasteiger partial charge on any atom is -0.480 e. The van der Waals surface area contributed by atoms with Crippen LogP contribution in [0.5, 0.6) is 0 Å². The number of guanidine groups is 1. The number of carboxylic acid groups (broad SMARTS) is 1. The van der Waals surface area contributed by atoms with E-state index in [0.717, 1.165) is 6.92 Å². The number of nitrogens with one attached hydrogen (secondary N) is 7. The monoisotopic (exact) mass is 1040 g/mol. The zero-order valence-electron chi connectivity index (χ0n) is 39.6. The molecule has 16 N–H and O–H groups in total. The number of nitrogens with two attached hydrogens (primary N) is 3. The topological polar surface area (TPSA) is 424 Å². The number of aliphatic hydroxyl groups is 2. The molecule has 9 atom stereocenters. The number of aliphatic hydroxyl groups excluding tert-OH is 2. The molecule has 0 bridgehead atoms. The molecule has 0 heterocycles. The zero-order valence-corrected chi connectivity index (χ0v) is 39.6. The van der Waals surface area contributed by atoms with E-state index in [1.807, 2.05) is 5.32 Å². The van der Waals surface area contributed by atoms with E-state index >= 15 is 0 Å². The predicted molar refractivity (Wildman–Crippen MR) is 231 cm³/mol. The molecule has 0 rings (SSSR count). The molecule has 0 aromatic rings. The summed E-state index contributed by atoms with van der Waals surface area (Å²) >= 11 is 0. The number of esters is 2. The normalized spacial score (nSPS) is 15.5. The molecule has 0 radical (unpaired) electrons. The minimum absolute atomic E-state index is 0.0229. The largest absolute Gasteiger partial charge is 0.490 e. The van der Waals surface area contributed by atoms with Gasteiger partial charge >= 0.3 is 30.3 Å². The Morgan fingerprint density at radius 3 is 1.51 bits per heavy atom. The molecule has 0 aromatic carbocycles. The summed E-state index contributed by atoms with van der Waals surface area (Å²) in [7, 11) is 0. The Labute approximate surface area is 402 Å². The highest BCUT2D eigenvalue weighted by Gasteiger charge is 2.44. The van der Waals surface area contributed by atoms with Crippen molar-refractivity contribution in [3.8, 4) is 0 Å². The number of aliphatic imine (C=N–C) groups is 1. The van der Waals surface area contributed by atoms with Crippen LogP contribution < -0.4 is 54.4 Å². The van der Waals surface area contributed by atoms with E-state index in [1.165, 1.54) is 19.2 Å². The zero-order chi connectivity index (χ0) is 55.3. The summed E-state index contributed by atoms with van der Waals surface area (Å²) in [5.41, 5.74) is 16.7. The molecule has 0 saturated carbocycles. The fourth-order valence-corrected chi connectivity index (χ4v) is 5.66. The van der Waals surface area contributed by atoms with Crippen LogP contribution >= 0.6 is 0 Å². The minimum atomic E-state index is -5.66. The molecule has 26 nitrogen and oxygen atoms in total. The number of alkyl halides is 6. The van der Waals surface area contributed by atoms with E-state index in [2.05, 4.69) is 35.7 Å². The summed E-state index contributed by atoms with van der Waals surface area (Å²) in [6.45, 7) is 5.97. The van der Waals surface area contributed by atoms with E-state index in [4.69, 9.17) is 17.2 Å². The van der Waals surface area contributed by atoms with Crippen LogP contribution in [0.25, 0.3) is 0 Å². The Hall–Kier alpha value is -6.57. The first kappa shape index (κ1) is 64.4. The number of hydrogen-bond acceptors (Lipinski definition) is 16. The van der Waals surface area contributed by atoms with Crippen molar-refractivity contribution in [3.63, 3.8) is 0 Å². The van der Waals surface area contributed by atoms with Crippen LogP contribution in [0.4, 0.5) is 26.3 Å². The Morgan fingerprint density at radius 2 is 1.06 bits per heavy atom. The van der Waals surface area contributed by atoms with Crippen LogP contribution in [0.3, 0.4) is 0 Å². The average molecular weight is 1040 g/mol. The molecule has 71 heavy (non-hydrogen) atoms. The van der Waals surface area contributed by atoms with Gasteiger partial charge in [0, 0.05) is 6.54 Å². The predicted octanol–water partition coefficient (Wildman–Crippen LogP) is -4.21. The van der Waals surface area contributed by atoms with E-state index < -0.39 is 158 Å².